The normalized spacial score (nSPS) is 10.4. The van der Waals surface area contributed by atoms with Crippen molar-refractivity contribution in [2.75, 3.05) is 6.61 Å². The van der Waals surface area contributed by atoms with Gasteiger partial charge in [0, 0.05) is 17.0 Å². The van der Waals surface area contributed by atoms with Crippen LogP contribution >= 0.6 is 0 Å². The van der Waals surface area contributed by atoms with Crippen LogP contribution in [0.5, 0.6) is 5.88 Å². The predicted octanol–water partition coefficient (Wildman–Crippen LogP) is 2.14. The molecule has 3 heteroatoms. The monoisotopic (exact) mass is 189 g/mol. The average Bonchev–Trinajstić information content (AvgIpc) is 2.57. The molecule has 0 aliphatic heterocycles. The number of rotatable bonds is 3. The first-order valence-corrected chi connectivity index (χ1v) is 4.46. The number of fused-ring (bicyclic) bond motifs is 1. The Bertz CT molecular complexity index is 426. The third-order valence-electron chi connectivity index (χ3n) is 1.94. The summed E-state index contributed by atoms with van der Waals surface area (Å²) in [7, 11) is 0. The summed E-state index contributed by atoms with van der Waals surface area (Å²) < 4.78 is 5.25. The number of ether oxygens (including phenoxy) is 1. The highest BCUT2D eigenvalue weighted by Crippen LogP contribution is 2.19. The Morgan fingerprint density at radius 3 is 2.93 bits per heavy atom. The molecule has 72 valence electrons. The van der Waals surface area contributed by atoms with Crippen LogP contribution < -0.4 is 4.74 Å². The first-order chi connectivity index (χ1) is 6.75. The molecule has 0 spiro atoms. The number of H-pyrrole nitrogens is 1. The molecule has 0 atom stereocenters. The van der Waals surface area contributed by atoms with Gasteiger partial charge >= 0.3 is 0 Å². The molecule has 0 saturated carbocycles. The van der Waals surface area contributed by atoms with E-state index in [0.29, 0.717) is 5.88 Å². The van der Waals surface area contributed by atoms with Crippen molar-refractivity contribution >= 4 is 16.7 Å². The smallest absolute Gasteiger partial charge is 0.192 e. The number of hydrogen-bond donors (Lipinski definition) is 1. The van der Waals surface area contributed by atoms with Gasteiger partial charge in [-0.25, -0.2) is 0 Å². The van der Waals surface area contributed by atoms with Crippen molar-refractivity contribution in [3.8, 4) is 5.88 Å². The summed E-state index contributed by atoms with van der Waals surface area (Å²) in [4.78, 5) is 13.8. The van der Waals surface area contributed by atoms with E-state index in [2.05, 4.69) is 4.98 Å². The maximum absolute atomic E-state index is 10.7. The summed E-state index contributed by atoms with van der Waals surface area (Å²) in [6.07, 6.45) is 0. The molecule has 1 heterocycles. The third kappa shape index (κ3) is 1.76. The van der Waals surface area contributed by atoms with Crippen molar-refractivity contribution in [2.45, 2.75) is 6.92 Å². The highest BCUT2D eigenvalue weighted by atomic mass is 16.5. The molecule has 0 amide bonds. The topological polar surface area (TPSA) is 42.1 Å². The molecule has 1 aromatic heterocycles. The van der Waals surface area contributed by atoms with Crippen molar-refractivity contribution < 1.29 is 9.53 Å². The Kier molecular flexibility index (Phi) is 2.23. The summed E-state index contributed by atoms with van der Waals surface area (Å²) in [5.74, 6) is 0.657. The van der Waals surface area contributed by atoms with Crippen molar-refractivity contribution in [3.63, 3.8) is 0 Å². The minimum absolute atomic E-state index is 0.0173. The number of hydrogen-bond acceptors (Lipinski definition) is 2. The van der Waals surface area contributed by atoms with Gasteiger partial charge in [-0.1, -0.05) is 18.2 Å². The van der Waals surface area contributed by atoms with Crippen LogP contribution in [0.15, 0.2) is 30.3 Å². The molecule has 0 fully saturated rings. The van der Waals surface area contributed by atoms with Gasteiger partial charge in [0.25, 0.3) is 0 Å². The molecule has 0 aliphatic rings. The molecule has 0 unspecified atom stereocenters. The van der Waals surface area contributed by atoms with Gasteiger partial charge in [-0.2, -0.15) is 0 Å². The fraction of sp³-hybridized carbons (Fsp3) is 0.182. The fourth-order valence-electron chi connectivity index (χ4n) is 1.30. The Balaban J connectivity index is 2.22. The van der Waals surface area contributed by atoms with Gasteiger partial charge < -0.3 is 9.72 Å². The van der Waals surface area contributed by atoms with E-state index < -0.39 is 0 Å². The molecule has 0 bridgehead atoms. The average molecular weight is 189 g/mol. The number of ketones is 1. The van der Waals surface area contributed by atoms with Crippen LogP contribution in [0.4, 0.5) is 0 Å². The minimum Gasteiger partial charge on any atom is -0.471 e. The van der Waals surface area contributed by atoms with Crippen LogP contribution in [-0.4, -0.2) is 17.4 Å². The van der Waals surface area contributed by atoms with Gasteiger partial charge in [0.2, 0.25) is 0 Å². The number of aromatic amines is 1. The number of para-hydroxylation sites is 1. The van der Waals surface area contributed by atoms with Crippen molar-refractivity contribution in [2.24, 2.45) is 0 Å². The lowest BCUT2D eigenvalue weighted by molar-refractivity contribution is -0.118. The standard InChI is InChI=1S/C11H11NO2/c1-8(13)7-14-11-6-9-4-2-3-5-10(9)12-11/h2-6,12H,7H2,1H3. The molecular formula is C11H11NO2. The third-order valence-corrected chi connectivity index (χ3v) is 1.94. The molecular weight excluding hydrogens is 178 g/mol. The number of carbonyl (C=O) groups excluding carboxylic acids is 1. The van der Waals surface area contributed by atoms with E-state index in [9.17, 15) is 4.79 Å². The van der Waals surface area contributed by atoms with Gasteiger partial charge in [-0.15, -0.1) is 0 Å². The maximum Gasteiger partial charge on any atom is 0.192 e. The van der Waals surface area contributed by atoms with E-state index >= 15 is 0 Å². The fourth-order valence-corrected chi connectivity index (χ4v) is 1.30. The molecule has 1 N–H and O–H groups in total. The zero-order valence-electron chi connectivity index (χ0n) is 7.91. The van der Waals surface area contributed by atoms with E-state index in [-0.39, 0.29) is 12.4 Å². The van der Waals surface area contributed by atoms with Crippen LogP contribution in [-0.2, 0) is 4.79 Å². The maximum atomic E-state index is 10.7. The lowest BCUT2D eigenvalue weighted by Crippen LogP contribution is -2.06. The summed E-state index contributed by atoms with van der Waals surface area (Å²) >= 11 is 0. The molecule has 2 aromatic rings. The van der Waals surface area contributed by atoms with E-state index in [1.165, 1.54) is 6.92 Å². The zero-order valence-corrected chi connectivity index (χ0v) is 7.91. The van der Waals surface area contributed by atoms with Crippen molar-refractivity contribution in [3.05, 3.63) is 30.3 Å². The Labute approximate surface area is 81.7 Å². The zero-order chi connectivity index (χ0) is 9.97. The van der Waals surface area contributed by atoms with Crippen LogP contribution in [0.1, 0.15) is 6.92 Å². The number of carbonyl (C=O) groups is 1. The second-order valence-corrected chi connectivity index (χ2v) is 3.21. The van der Waals surface area contributed by atoms with E-state index in [1.54, 1.807) is 0 Å². The summed E-state index contributed by atoms with van der Waals surface area (Å²) in [5, 5.41) is 1.09. The Hall–Kier alpha value is -1.77. The summed E-state index contributed by atoms with van der Waals surface area (Å²) in [6, 6.07) is 9.76. The lowest BCUT2D eigenvalue weighted by Gasteiger charge is -1.97. The molecule has 3 nitrogen and oxygen atoms in total. The molecule has 0 saturated heterocycles. The minimum atomic E-state index is 0.0173. The van der Waals surface area contributed by atoms with Crippen LogP contribution in [0, 0.1) is 0 Å². The molecule has 0 radical (unpaired) electrons. The van der Waals surface area contributed by atoms with E-state index in [0.717, 1.165) is 10.9 Å². The Morgan fingerprint density at radius 2 is 2.21 bits per heavy atom. The van der Waals surface area contributed by atoms with Gasteiger partial charge in [0.05, 0.1) is 0 Å². The quantitative estimate of drug-likeness (QED) is 0.803. The number of benzene rings is 1. The number of Topliss-reactive ketones (excluding diaryl/α,β-unsaturated/α-hetero) is 1. The predicted molar refractivity (Wildman–Crippen MR) is 54.5 cm³/mol. The Morgan fingerprint density at radius 1 is 1.43 bits per heavy atom. The number of nitrogens with one attached hydrogen (secondary N) is 1. The van der Waals surface area contributed by atoms with Crippen LogP contribution in [0.3, 0.4) is 0 Å². The van der Waals surface area contributed by atoms with Gasteiger partial charge in [-0.3, -0.25) is 4.79 Å². The second kappa shape index (κ2) is 3.54. The summed E-state index contributed by atoms with van der Waals surface area (Å²) in [6.45, 7) is 1.62. The molecule has 0 aliphatic carbocycles. The van der Waals surface area contributed by atoms with Crippen molar-refractivity contribution in [1.29, 1.82) is 0 Å². The number of aromatic nitrogens is 1. The second-order valence-electron chi connectivity index (χ2n) is 3.21. The van der Waals surface area contributed by atoms with Gasteiger partial charge in [0.1, 0.15) is 6.61 Å². The van der Waals surface area contributed by atoms with Crippen LogP contribution in [0.2, 0.25) is 0 Å². The van der Waals surface area contributed by atoms with Crippen molar-refractivity contribution in [1.82, 2.24) is 4.98 Å². The highest BCUT2D eigenvalue weighted by molar-refractivity contribution is 5.81. The first-order valence-electron chi connectivity index (χ1n) is 4.46. The van der Waals surface area contributed by atoms with Gasteiger partial charge in [0.15, 0.2) is 11.7 Å². The van der Waals surface area contributed by atoms with E-state index in [1.807, 2.05) is 30.3 Å². The van der Waals surface area contributed by atoms with E-state index in [4.69, 9.17) is 4.74 Å². The lowest BCUT2D eigenvalue weighted by atomic mass is 10.3. The molecule has 2 rings (SSSR count). The van der Waals surface area contributed by atoms with Gasteiger partial charge in [-0.05, 0) is 13.0 Å². The first kappa shape index (κ1) is 8.81. The summed E-state index contributed by atoms with van der Waals surface area (Å²) in [5.41, 5.74) is 1.02. The SMILES string of the molecule is CC(=O)COc1cc2ccccc2[nH]1. The molecule has 1 aromatic carbocycles. The van der Waals surface area contributed by atoms with Crippen LogP contribution in [0.25, 0.3) is 10.9 Å². The largest absolute Gasteiger partial charge is 0.471 e. The molecule has 14 heavy (non-hydrogen) atoms. The highest BCUT2D eigenvalue weighted by Gasteiger charge is 2.01.